The minimum Gasteiger partial charge on any atom is -0.394 e. The monoisotopic (exact) mass is 230 g/mol. The molecule has 1 aromatic heterocycles. The van der Waals surface area contributed by atoms with Gasteiger partial charge in [0.1, 0.15) is 0 Å². The van der Waals surface area contributed by atoms with Crippen LogP contribution in [-0.4, -0.2) is 16.8 Å². The van der Waals surface area contributed by atoms with Gasteiger partial charge in [0.05, 0.1) is 11.4 Å². The van der Waals surface area contributed by atoms with E-state index < -0.39 is 0 Å². The Morgan fingerprint density at radius 2 is 1.94 bits per heavy atom. The molecule has 0 unspecified atom stereocenters. The number of nitrogen functional groups attached to an aromatic ring is 1. The summed E-state index contributed by atoms with van der Waals surface area (Å²) in [6, 6.07) is 10.1. The summed E-state index contributed by atoms with van der Waals surface area (Å²) in [6.07, 6.45) is 0.850. The van der Waals surface area contributed by atoms with Crippen molar-refractivity contribution in [2.24, 2.45) is 7.05 Å². The summed E-state index contributed by atoms with van der Waals surface area (Å²) in [6.45, 7) is 2.06. The van der Waals surface area contributed by atoms with Crippen LogP contribution in [0, 0.1) is 0 Å². The fourth-order valence-corrected chi connectivity index (χ4v) is 2.02. The van der Waals surface area contributed by atoms with E-state index in [2.05, 4.69) is 29.1 Å². The Morgan fingerprint density at radius 1 is 1.29 bits per heavy atom. The van der Waals surface area contributed by atoms with Crippen molar-refractivity contribution in [3.8, 4) is 0 Å². The third-order valence-electron chi connectivity index (χ3n) is 2.93. The molecule has 0 saturated carbocycles. The molecule has 0 aliphatic heterocycles. The Kier molecular flexibility index (Phi) is 3.04. The molecule has 1 heterocycles. The predicted octanol–water partition coefficient (Wildman–Crippen LogP) is 2.33. The zero-order chi connectivity index (χ0) is 12.4. The maximum Gasteiger partial charge on any atom is 0.154 e. The summed E-state index contributed by atoms with van der Waals surface area (Å²) in [4.78, 5) is 2.06. The van der Waals surface area contributed by atoms with E-state index in [4.69, 9.17) is 5.73 Å². The molecule has 0 fully saturated rings. The van der Waals surface area contributed by atoms with Gasteiger partial charge in [0, 0.05) is 19.8 Å². The van der Waals surface area contributed by atoms with E-state index in [9.17, 15) is 0 Å². The van der Waals surface area contributed by atoms with E-state index in [0.717, 1.165) is 29.3 Å². The molecule has 1 aromatic carbocycles. The van der Waals surface area contributed by atoms with Gasteiger partial charge in [-0.3, -0.25) is 4.68 Å². The number of aryl methyl sites for hydroxylation is 2. The first-order chi connectivity index (χ1) is 8.15. The van der Waals surface area contributed by atoms with Crippen LogP contribution in [0.4, 0.5) is 17.2 Å². The lowest BCUT2D eigenvalue weighted by molar-refractivity contribution is 0.741. The fraction of sp³-hybridized carbons (Fsp3) is 0.308. The molecule has 0 radical (unpaired) electrons. The van der Waals surface area contributed by atoms with Crippen LogP contribution in [-0.2, 0) is 13.5 Å². The third kappa shape index (κ3) is 1.98. The number of hydrogen-bond donors (Lipinski definition) is 1. The summed E-state index contributed by atoms with van der Waals surface area (Å²) in [7, 11) is 3.92. The van der Waals surface area contributed by atoms with Crippen molar-refractivity contribution >= 4 is 17.2 Å². The minimum atomic E-state index is 0.765. The zero-order valence-electron chi connectivity index (χ0n) is 10.5. The lowest BCUT2D eigenvalue weighted by atomic mass is 10.2. The smallest absolute Gasteiger partial charge is 0.154 e. The predicted molar refractivity (Wildman–Crippen MR) is 71.5 cm³/mol. The van der Waals surface area contributed by atoms with Gasteiger partial charge < -0.3 is 10.6 Å². The van der Waals surface area contributed by atoms with Crippen molar-refractivity contribution in [2.45, 2.75) is 13.3 Å². The van der Waals surface area contributed by atoms with Crippen molar-refractivity contribution < 1.29 is 0 Å². The molecule has 2 rings (SSSR count). The highest BCUT2D eigenvalue weighted by Crippen LogP contribution is 2.30. The Balaban J connectivity index is 2.44. The van der Waals surface area contributed by atoms with Crippen LogP contribution in [0.15, 0.2) is 30.3 Å². The van der Waals surface area contributed by atoms with Crippen molar-refractivity contribution in [1.29, 1.82) is 0 Å². The van der Waals surface area contributed by atoms with Crippen LogP contribution >= 0.6 is 0 Å². The molecule has 0 aliphatic rings. The number of para-hydroxylation sites is 1. The van der Waals surface area contributed by atoms with Crippen LogP contribution in [0.5, 0.6) is 0 Å². The van der Waals surface area contributed by atoms with Gasteiger partial charge in [-0.15, -0.1) is 0 Å². The molecule has 2 aromatic rings. The first kappa shape index (κ1) is 11.5. The van der Waals surface area contributed by atoms with Crippen molar-refractivity contribution in [3.05, 3.63) is 36.0 Å². The van der Waals surface area contributed by atoms with Crippen molar-refractivity contribution in [2.75, 3.05) is 17.7 Å². The van der Waals surface area contributed by atoms with Gasteiger partial charge in [0.25, 0.3) is 0 Å². The number of anilines is 3. The highest BCUT2D eigenvalue weighted by atomic mass is 15.4. The molecule has 90 valence electrons. The lowest BCUT2D eigenvalue weighted by Gasteiger charge is -2.19. The molecule has 0 spiro atoms. The van der Waals surface area contributed by atoms with Gasteiger partial charge >= 0.3 is 0 Å². The maximum absolute atomic E-state index is 6.13. The second-order valence-electron chi connectivity index (χ2n) is 4.06. The van der Waals surface area contributed by atoms with E-state index >= 15 is 0 Å². The molecule has 4 heteroatoms. The van der Waals surface area contributed by atoms with Gasteiger partial charge in [-0.25, -0.2) is 0 Å². The fourth-order valence-electron chi connectivity index (χ4n) is 2.02. The van der Waals surface area contributed by atoms with Gasteiger partial charge in [-0.2, -0.15) is 5.10 Å². The molecule has 0 amide bonds. The van der Waals surface area contributed by atoms with Gasteiger partial charge in [0.15, 0.2) is 5.82 Å². The van der Waals surface area contributed by atoms with Gasteiger partial charge in [-0.1, -0.05) is 25.1 Å². The number of nitrogens with zero attached hydrogens (tertiary/aromatic N) is 3. The SMILES string of the molecule is CCc1nn(C)c(N(C)c2ccccc2)c1N. The molecule has 0 saturated heterocycles. The Bertz CT molecular complexity index is 502. The van der Waals surface area contributed by atoms with Crippen LogP contribution < -0.4 is 10.6 Å². The average Bonchev–Trinajstić information content (AvgIpc) is 2.64. The second-order valence-corrected chi connectivity index (χ2v) is 4.06. The minimum absolute atomic E-state index is 0.765. The summed E-state index contributed by atoms with van der Waals surface area (Å²) in [5, 5.41) is 4.43. The quantitative estimate of drug-likeness (QED) is 0.880. The zero-order valence-corrected chi connectivity index (χ0v) is 10.5. The number of rotatable bonds is 3. The standard InChI is InChI=1S/C13H18N4/c1-4-11-12(14)13(17(3)15-11)16(2)10-8-6-5-7-9-10/h5-9H,4,14H2,1-3H3. The number of hydrogen-bond acceptors (Lipinski definition) is 3. The van der Waals surface area contributed by atoms with Crippen LogP contribution in [0.1, 0.15) is 12.6 Å². The second kappa shape index (κ2) is 4.49. The average molecular weight is 230 g/mol. The Hall–Kier alpha value is -1.97. The van der Waals surface area contributed by atoms with Crippen molar-refractivity contribution in [3.63, 3.8) is 0 Å². The molecule has 0 aliphatic carbocycles. The van der Waals surface area contributed by atoms with Crippen LogP contribution in [0.2, 0.25) is 0 Å². The first-order valence-electron chi connectivity index (χ1n) is 5.75. The van der Waals surface area contributed by atoms with Crippen molar-refractivity contribution in [1.82, 2.24) is 9.78 Å². The summed E-state index contributed by atoms with van der Waals surface area (Å²) in [5.41, 5.74) is 8.94. The Labute approximate surface area is 102 Å². The van der Waals surface area contributed by atoms with E-state index in [1.54, 1.807) is 0 Å². The topological polar surface area (TPSA) is 47.1 Å². The summed E-state index contributed by atoms with van der Waals surface area (Å²) < 4.78 is 1.83. The van der Waals surface area contributed by atoms with Gasteiger partial charge in [-0.05, 0) is 18.6 Å². The highest BCUT2D eigenvalue weighted by Gasteiger charge is 2.16. The molecular weight excluding hydrogens is 212 g/mol. The largest absolute Gasteiger partial charge is 0.394 e. The molecule has 2 N–H and O–H groups in total. The van der Waals surface area contributed by atoms with E-state index in [0.29, 0.717) is 0 Å². The first-order valence-corrected chi connectivity index (χ1v) is 5.75. The maximum atomic E-state index is 6.13. The normalized spacial score (nSPS) is 10.5. The van der Waals surface area contributed by atoms with Gasteiger partial charge in [0.2, 0.25) is 0 Å². The molecule has 0 atom stereocenters. The summed E-state index contributed by atoms with van der Waals surface area (Å²) in [5.74, 6) is 0.938. The Morgan fingerprint density at radius 3 is 2.47 bits per heavy atom. The lowest BCUT2D eigenvalue weighted by Crippen LogP contribution is -2.14. The molecule has 17 heavy (non-hydrogen) atoms. The van der Waals surface area contributed by atoms with Crippen LogP contribution in [0.25, 0.3) is 0 Å². The summed E-state index contributed by atoms with van der Waals surface area (Å²) >= 11 is 0. The molecule has 4 nitrogen and oxygen atoms in total. The number of benzene rings is 1. The number of nitrogens with two attached hydrogens (primary N) is 1. The van der Waals surface area contributed by atoms with E-state index in [1.165, 1.54) is 0 Å². The van der Waals surface area contributed by atoms with Crippen LogP contribution in [0.3, 0.4) is 0 Å². The molecule has 0 bridgehead atoms. The van der Waals surface area contributed by atoms with E-state index in [1.807, 2.05) is 37.0 Å². The van der Waals surface area contributed by atoms with E-state index in [-0.39, 0.29) is 0 Å². The molecular formula is C13H18N4. The number of aromatic nitrogens is 2. The highest BCUT2D eigenvalue weighted by molar-refractivity contribution is 5.73. The third-order valence-corrected chi connectivity index (χ3v) is 2.93.